The van der Waals surface area contributed by atoms with Gasteiger partial charge in [-0.15, -0.1) is 0 Å². The molecule has 1 heterocycles. The van der Waals surface area contributed by atoms with Crippen LogP contribution >= 0.6 is 23.2 Å². The van der Waals surface area contributed by atoms with Crippen molar-refractivity contribution in [2.24, 2.45) is 0 Å². The topological polar surface area (TPSA) is 79.9 Å². The van der Waals surface area contributed by atoms with Gasteiger partial charge < -0.3 is 25.0 Å². The van der Waals surface area contributed by atoms with Gasteiger partial charge in [0.2, 0.25) is 0 Å². The van der Waals surface area contributed by atoms with Gasteiger partial charge in [0, 0.05) is 24.2 Å². The number of hydrogen-bond donors (Lipinski definition) is 2. The van der Waals surface area contributed by atoms with E-state index in [2.05, 4.69) is 10.6 Å². The Morgan fingerprint density at radius 1 is 1.06 bits per heavy atom. The van der Waals surface area contributed by atoms with Crippen LogP contribution in [0.1, 0.15) is 25.7 Å². The molecule has 1 unspecified atom stereocenters. The zero-order chi connectivity index (χ0) is 23.4. The maximum atomic E-state index is 13.0. The predicted octanol–water partition coefficient (Wildman–Crippen LogP) is 3.73. The Balaban J connectivity index is 1.22. The van der Waals surface area contributed by atoms with Crippen LogP contribution in [0.3, 0.4) is 0 Å². The van der Waals surface area contributed by atoms with E-state index in [1.807, 2.05) is 30.1 Å². The first-order valence-corrected chi connectivity index (χ1v) is 11.7. The van der Waals surface area contributed by atoms with Gasteiger partial charge in [0.15, 0.2) is 6.61 Å². The average Bonchev–Trinajstić information content (AvgIpc) is 2.80. The number of anilines is 1. The van der Waals surface area contributed by atoms with E-state index in [1.165, 1.54) is 0 Å². The number of fused-ring (bicyclic) bond motifs is 1. The van der Waals surface area contributed by atoms with Crippen molar-refractivity contribution in [2.45, 2.75) is 42.8 Å². The Morgan fingerprint density at radius 2 is 1.70 bits per heavy atom. The highest BCUT2D eigenvalue weighted by Gasteiger charge is 2.45. The zero-order valence-corrected chi connectivity index (χ0v) is 19.9. The lowest BCUT2D eigenvalue weighted by Gasteiger charge is -2.39. The largest absolute Gasteiger partial charge is 0.484 e. The molecule has 33 heavy (non-hydrogen) atoms. The standard InChI is InChI=1S/C24H27Cl2N3O4/c1-29-15-24(26,33-21-5-3-2-4-20(21)29)23(31)28-18-10-8-17(9-11-18)27-22(30)14-32-19-12-6-16(25)7-13-19/h2-7,12-13,17-18H,8-11,14-15H2,1H3,(H,27,30)(H,28,31). The van der Waals surface area contributed by atoms with Gasteiger partial charge in [-0.25, -0.2) is 0 Å². The van der Waals surface area contributed by atoms with Gasteiger partial charge in [-0.3, -0.25) is 9.59 Å². The van der Waals surface area contributed by atoms with Gasteiger partial charge in [0.05, 0.1) is 12.2 Å². The van der Waals surface area contributed by atoms with Crippen LogP contribution < -0.4 is 25.0 Å². The summed E-state index contributed by atoms with van der Waals surface area (Å²) in [5.41, 5.74) is 0.901. The zero-order valence-electron chi connectivity index (χ0n) is 18.4. The highest BCUT2D eigenvalue weighted by Crippen LogP contribution is 2.38. The number of benzene rings is 2. The number of amides is 2. The fourth-order valence-corrected chi connectivity index (χ4v) is 4.64. The maximum absolute atomic E-state index is 13.0. The summed E-state index contributed by atoms with van der Waals surface area (Å²) in [5, 5.41) is 5.17. The molecule has 1 aliphatic heterocycles. The number of halogens is 2. The van der Waals surface area contributed by atoms with Crippen LogP contribution in [0.15, 0.2) is 48.5 Å². The average molecular weight is 492 g/mol. The highest BCUT2D eigenvalue weighted by atomic mass is 35.5. The minimum atomic E-state index is -1.48. The van der Waals surface area contributed by atoms with Crippen molar-refractivity contribution < 1.29 is 19.1 Å². The van der Waals surface area contributed by atoms with E-state index in [1.54, 1.807) is 30.3 Å². The summed E-state index contributed by atoms with van der Waals surface area (Å²) in [6.45, 7) is 0.190. The van der Waals surface area contributed by atoms with E-state index >= 15 is 0 Å². The molecule has 2 aromatic rings. The molecule has 2 aliphatic rings. The molecule has 1 aliphatic carbocycles. The smallest absolute Gasteiger partial charge is 0.282 e. The number of hydrogen-bond acceptors (Lipinski definition) is 5. The first kappa shape index (κ1) is 23.5. The molecule has 2 amide bonds. The summed E-state index contributed by atoms with van der Waals surface area (Å²) < 4.78 is 11.4. The van der Waals surface area contributed by atoms with Crippen molar-refractivity contribution in [2.75, 3.05) is 25.1 Å². The number of carbonyl (C=O) groups is 2. The van der Waals surface area contributed by atoms with E-state index in [-0.39, 0.29) is 37.0 Å². The summed E-state index contributed by atoms with van der Waals surface area (Å²) in [6, 6.07) is 14.4. The van der Waals surface area contributed by atoms with E-state index in [9.17, 15) is 9.59 Å². The molecular weight excluding hydrogens is 465 g/mol. The van der Waals surface area contributed by atoms with Crippen LogP contribution in [0.4, 0.5) is 5.69 Å². The molecule has 1 atom stereocenters. The predicted molar refractivity (Wildman–Crippen MR) is 128 cm³/mol. The molecule has 0 bridgehead atoms. The molecule has 7 nitrogen and oxygen atoms in total. The van der Waals surface area contributed by atoms with E-state index in [0.29, 0.717) is 16.5 Å². The third-order valence-electron chi connectivity index (χ3n) is 5.94. The van der Waals surface area contributed by atoms with Crippen LogP contribution in [0.25, 0.3) is 0 Å². The van der Waals surface area contributed by atoms with Crippen molar-refractivity contribution in [3.8, 4) is 11.5 Å². The molecule has 1 saturated carbocycles. The summed E-state index contributed by atoms with van der Waals surface area (Å²) in [4.78, 5) is 27.1. The second-order valence-electron chi connectivity index (χ2n) is 8.49. The highest BCUT2D eigenvalue weighted by molar-refractivity contribution is 6.34. The minimum absolute atomic E-state index is 0.0160. The lowest BCUT2D eigenvalue weighted by molar-refractivity contribution is -0.131. The summed E-state index contributed by atoms with van der Waals surface area (Å²) in [7, 11) is 1.89. The first-order valence-electron chi connectivity index (χ1n) is 11.0. The van der Waals surface area contributed by atoms with Crippen molar-refractivity contribution in [3.05, 3.63) is 53.6 Å². The van der Waals surface area contributed by atoms with E-state index in [0.717, 1.165) is 31.4 Å². The Kier molecular flexibility index (Phi) is 7.20. The summed E-state index contributed by atoms with van der Waals surface area (Å²) in [6.07, 6.45) is 3.01. The Hall–Kier alpha value is -2.64. The minimum Gasteiger partial charge on any atom is -0.484 e. The molecule has 1 fully saturated rings. The normalized spacial score (nSPS) is 24.3. The molecule has 9 heteroatoms. The van der Waals surface area contributed by atoms with Crippen LogP contribution in [-0.2, 0) is 9.59 Å². The van der Waals surface area contributed by atoms with Crippen LogP contribution in [-0.4, -0.2) is 49.2 Å². The van der Waals surface area contributed by atoms with Gasteiger partial charge in [0.1, 0.15) is 11.5 Å². The summed E-state index contributed by atoms with van der Waals surface area (Å²) in [5.74, 6) is 0.668. The van der Waals surface area contributed by atoms with Gasteiger partial charge >= 0.3 is 0 Å². The molecule has 0 aromatic heterocycles. The number of carbonyl (C=O) groups excluding carboxylic acids is 2. The molecule has 176 valence electrons. The quantitative estimate of drug-likeness (QED) is 0.601. The number of nitrogens with zero attached hydrogens (tertiary/aromatic N) is 1. The lowest BCUT2D eigenvalue weighted by Crippen LogP contribution is -2.58. The van der Waals surface area contributed by atoms with Crippen LogP contribution in [0.5, 0.6) is 11.5 Å². The fraction of sp³-hybridized carbons (Fsp3) is 0.417. The van der Waals surface area contributed by atoms with E-state index in [4.69, 9.17) is 32.7 Å². The molecular formula is C24H27Cl2N3O4. The lowest BCUT2D eigenvalue weighted by atomic mass is 9.91. The number of likely N-dealkylation sites (N-methyl/N-ethyl adjacent to an activating group) is 1. The van der Waals surface area contributed by atoms with Crippen LogP contribution in [0, 0.1) is 0 Å². The fourth-order valence-electron chi connectivity index (χ4n) is 4.20. The molecule has 0 radical (unpaired) electrons. The van der Waals surface area contributed by atoms with Crippen molar-refractivity contribution in [1.82, 2.24) is 10.6 Å². The van der Waals surface area contributed by atoms with Crippen molar-refractivity contribution in [1.29, 1.82) is 0 Å². The second kappa shape index (κ2) is 10.1. The molecule has 0 saturated heterocycles. The third-order valence-corrected chi connectivity index (χ3v) is 6.56. The Labute approximate surface area is 203 Å². The summed E-state index contributed by atoms with van der Waals surface area (Å²) >= 11 is 12.5. The number of rotatable bonds is 6. The van der Waals surface area contributed by atoms with Gasteiger partial charge in [-0.05, 0) is 62.1 Å². The number of nitrogens with one attached hydrogen (secondary N) is 2. The van der Waals surface area contributed by atoms with Gasteiger partial charge in [-0.2, -0.15) is 0 Å². The second-order valence-corrected chi connectivity index (χ2v) is 9.53. The third kappa shape index (κ3) is 5.84. The van der Waals surface area contributed by atoms with Crippen molar-refractivity contribution >= 4 is 40.7 Å². The van der Waals surface area contributed by atoms with Gasteiger partial charge in [0.25, 0.3) is 16.9 Å². The molecule has 2 aromatic carbocycles. The molecule has 0 spiro atoms. The first-order chi connectivity index (χ1) is 15.8. The van der Waals surface area contributed by atoms with Crippen LogP contribution in [0.2, 0.25) is 5.02 Å². The monoisotopic (exact) mass is 491 g/mol. The number of para-hydroxylation sites is 2. The maximum Gasteiger partial charge on any atom is 0.282 e. The van der Waals surface area contributed by atoms with Crippen molar-refractivity contribution in [3.63, 3.8) is 0 Å². The van der Waals surface area contributed by atoms with Gasteiger partial charge in [-0.1, -0.05) is 35.3 Å². The number of ether oxygens (including phenoxy) is 2. The molecule has 4 rings (SSSR count). The SMILES string of the molecule is CN1CC(Cl)(C(=O)NC2CCC(NC(=O)COc3ccc(Cl)cc3)CC2)Oc2ccccc21. The molecule has 2 N–H and O–H groups in total. The Morgan fingerprint density at radius 3 is 2.39 bits per heavy atom. The Bertz CT molecular complexity index is 995. The number of alkyl halides is 1. The van der Waals surface area contributed by atoms with E-state index < -0.39 is 5.06 Å².